The van der Waals surface area contributed by atoms with Gasteiger partial charge in [-0.25, -0.2) is 4.79 Å². The molecule has 0 bridgehead atoms. The zero-order valence-electron chi connectivity index (χ0n) is 12.8. The van der Waals surface area contributed by atoms with Gasteiger partial charge < -0.3 is 24.8 Å². The molecule has 0 aromatic carbocycles. The van der Waals surface area contributed by atoms with Crippen molar-refractivity contribution in [3.05, 3.63) is 0 Å². The Morgan fingerprint density at radius 1 is 1.26 bits per heavy atom. The first kappa shape index (κ1) is 16.2. The first-order valence-corrected chi connectivity index (χ1v) is 6.51. The van der Waals surface area contributed by atoms with Crippen LogP contribution in [0.25, 0.3) is 0 Å². The molecule has 2 N–H and O–H groups in total. The van der Waals surface area contributed by atoms with E-state index in [0.717, 1.165) is 0 Å². The van der Waals surface area contributed by atoms with Gasteiger partial charge in [-0.1, -0.05) is 0 Å². The van der Waals surface area contributed by atoms with Crippen LogP contribution in [0.1, 0.15) is 34.6 Å². The van der Waals surface area contributed by atoms with Crippen molar-refractivity contribution in [1.82, 2.24) is 10.6 Å². The summed E-state index contributed by atoms with van der Waals surface area (Å²) >= 11 is 0. The molecule has 19 heavy (non-hydrogen) atoms. The van der Waals surface area contributed by atoms with Gasteiger partial charge in [0.25, 0.3) is 0 Å². The number of carbonyl (C=O) groups excluding carboxylic acids is 1. The van der Waals surface area contributed by atoms with E-state index in [4.69, 9.17) is 14.2 Å². The molecule has 1 saturated heterocycles. The summed E-state index contributed by atoms with van der Waals surface area (Å²) in [5, 5.41) is 5.90. The molecule has 6 nitrogen and oxygen atoms in total. The lowest BCUT2D eigenvalue weighted by molar-refractivity contribution is -0.269. The Labute approximate surface area is 115 Å². The summed E-state index contributed by atoms with van der Waals surface area (Å²) in [5.41, 5.74) is -1.13. The summed E-state index contributed by atoms with van der Waals surface area (Å²) in [6.45, 7) is 10.5. The summed E-state index contributed by atoms with van der Waals surface area (Å²) in [6.07, 6.45) is -0.463. The molecule has 0 aliphatic carbocycles. The molecule has 112 valence electrons. The molecule has 0 aromatic heterocycles. The first-order chi connectivity index (χ1) is 8.58. The van der Waals surface area contributed by atoms with E-state index in [1.165, 1.54) is 0 Å². The number of alkyl carbamates (subject to hydrolysis) is 1. The lowest BCUT2D eigenvalue weighted by atomic mass is 10.0. The molecule has 0 unspecified atom stereocenters. The third-order valence-electron chi connectivity index (χ3n) is 2.67. The molecule has 1 amide bonds. The summed E-state index contributed by atoms with van der Waals surface area (Å²) in [4.78, 5) is 11.9. The fourth-order valence-electron chi connectivity index (χ4n) is 1.78. The number of ether oxygens (including phenoxy) is 3. The zero-order chi connectivity index (χ0) is 14.7. The van der Waals surface area contributed by atoms with Crippen molar-refractivity contribution >= 4 is 6.09 Å². The minimum absolute atomic E-state index is 0.375. The van der Waals surface area contributed by atoms with Crippen molar-refractivity contribution in [3.63, 3.8) is 0 Å². The van der Waals surface area contributed by atoms with E-state index in [9.17, 15) is 4.79 Å². The monoisotopic (exact) mass is 274 g/mol. The largest absolute Gasteiger partial charge is 0.444 e. The van der Waals surface area contributed by atoms with Crippen molar-refractivity contribution in [2.45, 2.75) is 51.5 Å². The molecule has 0 saturated carbocycles. The SMILES string of the molecule is CNCC1(NC(=O)OC(C)(C)C)COC(C)(C)OC1. The standard InChI is InChI=1S/C13H26N2O4/c1-11(2,3)19-10(16)15-13(7-14-6)8-17-12(4,5)18-9-13/h14H,7-9H2,1-6H3,(H,15,16). The molecule has 1 heterocycles. The van der Waals surface area contributed by atoms with Crippen LogP contribution in [0.15, 0.2) is 0 Å². The second kappa shape index (κ2) is 5.64. The fraction of sp³-hybridized carbons (Fsp3) is 0.923. The van der Waals surface area contributed by atoms with E-state index < -0.39 is 23.0 Å². The molecular formula is C13H26N2O4. The molecule has 0 radical (unpaired) electrons. The van der Waals surface area contributed by atoms with Crippen LogP contribution in [-0.2, 0) is 14.2 Å². The van der Waals surface area contributed by atoms with Gasteiger partial charge in [-0.2, -0.15) is 0 Å². The molecule has 0 aromatic rings. The Morgan fingerprint density at radius 3 is 2.21 bits per heavy atom. The average molecular weight is 274 g/mol. The van der Waals surface area contributed by atoms with Crippen LogP contribution in [-0.4, -0.2) is 49.8 Å². The van der Waals surface area contributed by atoms with Crippen molar-refractivity contribution in [3.8, 4) is 0 Å². The molecule has 0 spiro atoms. The maximum Gasteiger partial charge on any atom is 0.408 e. The predicted octanol–water partition coefficient (Wildman–Crippen LogP) is 1.25. The maximum absolute atomic E-state index is 11.9. The van der Waals surface area contributed by atoms with E-state index in [0.29, 0.717) is 19.8 Å². The van der Waals surface area contributed by atoms with Crippen molar-refractivity contribution in [1.29, 1.82) is 0 Å². The van der Waals surface area contributed by atoms with E-state index >= 15 is 0 Å². The molecule has 1 aliphatic rings. The minimum atomic E-state index is -0.618. The van der Waals surface area contributed by atoms with Crippen molar-refractivity contribution < 1.29 is 19.0 Å². The Hall–Kier alpha value is -0.850. The molecule has 1 aliphatic heterocycles. The summed E-state index contributed by atoms with van der Waals surface area (Å²) in [6, 6.07) is 0. The molecule has 6 heteroatoms. The van der Waals surface area contributed by atoms with Gasteiger partial charge in [0.15, 0.2) is 5.79 Å². The second-order valence-electron chi connectivity index (χ2n) is 6.41. The van der Waals surface area contributed by atoms with Gasteiger partial charge in [-0.3, -0.25) is 0 Å². The van der Waals surface area contributed by atoms with E-state index in [2.05, 4.69) is 10.6 Å². The van der Waals surface area contributed by atoms with Gasteiger partial charge in [-0.15, -0.1) is 0 Å². The van der Waals surface area contributed by atoms with Gasteiger partial charge >= 0.3 is 6.09 Å². The number of carbonyl (C=O) groups is 1. The normalized spacial score (nSPS) is 21.8. The van der Waals surface area contributed by atoms with Crippen molar-refractivity contribution in [2.24, 2.45) is 0 Å². The number of hydrogen-bond acceptors (Lipinski definition) is 5. The van der Waals surface area contributed by atoms with Crippen LogP contribution in [0.4, 0.5) is 4.79 Å². The Kier molecular flexibility index (Phi) is 4.81. The summed E-state index contributed by atoms with van der Waals surface area (Å²) in [7, 11) is 1.82. The van der Waals surface area contributed by atoms with Gasteiger partial charge in [0.1, 0.15) is 11.1 Å². The number of nitrogens with one attached hydrogen (secondary N) is 2. The third kappa shape index (κ3) is 5.34. The molecule has 1 rings (SSSR count). The smallest absolute Gasteiger partial charge is 0.408 e. The minimum Gasteiger partial charge on any atom is -0.444 e. The quantitative estimate of drug-likeness (QED) is 0.810. The number of rotatable bonds is 3. The highest BCUT2D eigenvalue weighted by Crippen LogP contribution is 2.23. The summed E-state index contributed by atoms with van der Waals surface area (Å²) < 4.78 is 16.5. The Bertz CT molecular complexity index is 313. The van der Waals surface area contributed by atoms with E-state index in [1.807, 2.05) is 41.7 Å². The Morgan fingerprint density at radius 2 is 1.79 bits per heavy atom. The highest BCUT2D eigenvalue weighted by atomic mass is 16.7. The topological polar surface area (TPSA) is 68.8 Å². The maximum atomic E-state index is 11.9. The molecule has 0 atom stereocenters. The van der Waals surface area contributed by atoms with Gasteiger partial charge in [0.2, 0.25) is 0 Å². The first-order valence-electron chi connectivity index (χ1n) is 6.51. The number of amides is 1. The Balaban J connectivity index is 2.65. The van der Waals surface area contributed by atoms with Gasteiger partial charge in [0.05, 0.1) is 13.2 Å². The van der Waals surface area contributed by atoms with Gasteiger partial charge in [0, 0.05) is 6.54 Å². The second-order valence-corrected chi connectivity index (χ2v) is 6.41. The fourth-order valence-corrected chi connectivity index (χ4v) is 1.78. The van der Waals surface area contributed by atoms with E-state index in [1.54, 1.807) is 0 Å². The lowest BCUT2D eigenvalue weighted by Crippen LogP contribution is -2.65. The summed E-state index contributed by atoms with van der Waals surface area (Å²) in [5.74, 6) is -0.618. The van der Waals surface area contributed by atoms with Crippen LogP contribution >= 0.6 is 0 Å². The van der Waals surface area contributed by atoms with E-state index in [-0.39, 0.29) is 0 Å². The number of hydrogen-bond donors (Lipinski definition) is 2. The molecule has 1 fully saturated rings. The zero-order valence-corrected chi connectivity index (χ0v) is 12.8. The van der Waals surface area contributed by atoms with Gasteiger partial charge in [-0.05, 0) is 41.7 Å². The highest BCUT2D eigenvalue weighted by Gasteiger charge is 2.41. The van der Waals surface area contributed by atoms with Crippen LogP contribution in [0.2, 0.25) is 0 Å². The van der Waals surface area contributed by atoms with Crippen LogP contribution in [0.3, 0.4) is 0 Å². The van der Waals surface area contributed by atoms with Crippen LogP contribution < -0.4 is 10.6 Å². The predicted molar refractivity (Wildman–Crippen MR) is 72.0 cm³/mol. The number of likely N-dealkylation sites (N-methyl/N-ethyl adjacent to an activating group) is 1. The van der Waals surface area contributed by atoms with Crippen LogP contribution in [0.5, 0.6) is 0 Å². The molecular weight excluding hydrogens is 248 g/mol. The van der Waals surface area contributed by atoms with Crippen LogP contribution in [0, 0.1) is 0 Å². The lowest BCUT2D eigenvalue weighted by Gasteiger charge is -2.43. The third-order valence-corrected chi connectivity index (χ3v) is 2.67. The van der Waals surface area contributed by atoms with Crippen molar-refractivity contribution in [2.75, 3.05) is 26.8 Å². The highest BCUT2D eigenvalue weighted by molar-refractivity contribution is 5.69. The average Bonchev–Trinajstić information content (AvgIpc) is 2.20.